The lowest BCUT2D eigenvalue weighted by Crippen LogP contribution is -2.02. The highest BCUT2D eigenvalue weighted by Gasteiger charge is 2.04. The number of aryl methyl sites for hydroxylation is 1. The number of rotatable bonds is 0. The second-order valence-electron chi connectivity index (χ2n) is 2.88. The highest BCUT2D eigenvalue weighted by atomic mass is 19.1. The zero-order valence-corrected chi connectivity index (χ0v) is 7.00. The summed E-state index contributed by atoms with van der Waals surface area (Å²) in [4.78, 5) is 11.1. The minimum Gasteiger partial charge on any atom is -0.419 e. The van der Waals surface area contributed by atoms with E-state index < -0.39 is 11.4 Å². The van der Waals surface area contributed by atoms with Crippen LogP contribution in [0.4, 0.5) is 4.39 Å². The molecule has 1 aromatic carbocycles. The van der Waals surface area contributed by atoms with Crippen LogP contribution in [0.1, 0.15) is 5.56 Å². The van der Waals surface area contributed by atoms with E-state index in [2.05, 4.69) is 0 Å². The third kappa shape index (κ3) is 1.22. The highest BCUT2D eigenvalue weighted by Crippen LogP contribution is 2.15. The van der Waals surface area contributed by atoms with E-state index in [-0.39, 0.29) is 5.58 Å². The van der Waals surface area contributed by atoms with E-state index in [1.54, 1.807) is 25.1 Å². The highest BCUT2D eigenvalue weighted by molar-refractivity contribution is 5.77. The minimum absolute atomic E-state index is 0.0260. The lowest BCUT2D eigenvalue weighted by Gasteiger charge is -1.97. The maximum Gasteiger partial charge on any atom is 0.339 e. The summed E-state index contributed by atoms with van der Waals surface area (Å²) >= 11 is 0. The van der Waals surface area contributed by atoms with Crippen molar-refractivity contribution in [3.63, 3.8) is 0 Å². The summed E-state index contributed by atoms with van der Waals surface area (Å²) in [5.41, 5.74) is 0.0220. The molecule has 0 radical (unpaired) electrons. The molecular weight excluding hydrogens is 171 g/mol. The second kappa shape index (κ2) is 2.69. The van der Waals surface area contributed by atoms with Gasteiger partial charge in [0.25, 0.3) is 0 Å². The molecule has 0 aliphatic rings. The van der Waals surface area contributed by atoms with Crippen LogP contribution in [-0.2, 0) is 0 Å². The number of fused-ring (bicyclic) bond motifs is 1. The maximum absolute atomic E-state index is 13.1. The number of hydrogen-bond acceptors (Lipinski definition) is 2. The zero-order valence-electron chi connectivity index (χ0n) is 7.00. The molecule has 3 heteroatoms. The van der Waals surface area contributed by atoms with Crippen molar-refractivity contribution in [1.29, 1.82) is 0 Å². The molecule has 0 fully saturated rings. The molecule has 1 heterocycles. The topological polar surface area (TPSA) is 30.2 Å². The summed E-state index contributed by atoms with van der Waals surface area (Å²) < 4.78 is 17.9. The Labute approximate surface area is 73.6 Å². The molecule has 1 aromatic heterocycles. The van der Waals surface area contributed by atoms with Gasteiger partial charge in [0.1, 0.15) is 0 Å². The summed E-state index contributed by atoms with van der Waals surface area (Å²) in [6, 6.07) is 6.16. The Kier molecular flexibility index (Phi) is 1.65. The van der Waals surface area contributed by atoms with E-state index in [1.165, 1.54) is 6.07 Å². The molecule has 0 saturated heterocycles. The third-order valence-electron chi connectivity index (χ3n) is 1.89. The van der Waals surface area contributed by atoms with Gasteiger partial charge in [0, 0.05) is 10.9 Å². The normalized spacial score (nSPS) is 10.6. The second-order valence-corrected chi connectivity index (χ2v) is 2.88. The first kappa shape index (κ1) is 7.98. The van der Waals surface area contributed by atoms with Crippen LogP contribution < -0.4 is 5.63 Å². The van der Waals surface area contributed by atoms with Gasteiger partial charge in [0.05, 0.1) is 0 Å². The zero-order chi connectivity index (χ0) is 9.42. The Morgan fingerprint density at radius 2 is 2.15 bits per heavy atom. The molecule has 2 nitrogen and oxygen atoms in total. The summed E-state index contributed by atoms with van der Waals surface area (Å²) in [6.07, 6.45) is 0. The van der Waals surface area contributed by atoms with E-state index in [4.69, 9.17) is 4.42 Å². The molecule has 2 aromatic rings. The van der Waals surface area contributed by atoms with Gasteiger partial charge in [-0.05, 0) is 19.1 Å². The van der Waals surface area contributed by atoms with Crippen LogP contribution in [0.3, 0.4) is 0 Å². The SMILES string of the molecule is Cc1cc2cccc(F)c2oc1=O. The fourth-order valence-electron chi connectivity index (χ4n) is 1.21. The van der Waals surface area contributed by atoms with Gasteiger partial charge in [0.15, 0.2) is 11.4 Å². The molecule has 0 bridgehead atoms. The van der Waals surface area contributed by atoms with Crippen LogP contribution in [-0.4, -0.2) is 0 Å². The molecule has 0 aliphatic carbocycles. The molecule has 0 spiro atoms. The number of hydrogen-bond donors (Lipinski definition) is 0. The summed E-state index contributed by atoms with van der Waals surface area (Å²) in [7, 11) is 0. The molecular formula is C10H7FO2. The molecule has 66 valence electrons. The van der Waals surface area contributed by atoms with Crippen molar-refractivity contribution in [2.45, 2.75) is 6.92 Å². The van der Waals surface area contributed by atoms with Crippen molar-refractivity contribution in [3.05, 3.63) is 46.1 Å². The quantitative estimate of drug-likeness (QED) is 0.579. The number of para-hydroxylation sites is 1. The number of halogens is 1. The van der Waals surface area contributed by atoms with Crippen LogP contribution in [0.2, 0.25) is 0 Å². The Hall–Kier alpha value is -1.64. The van der Waals surface area contributed by atoms with Crippen molar-refractivity contribution in [2.24, 2.45) is 0 Å². The number of benzene rings is 1. The molecule has 0 amide bonds. The van der Waals surface area contributed by atoms with Crippen LogP contribution in [0.5, 0.6) is 0 Å². The summed E-state index contributed by atoms with van der Waals surface area (Å²) in [5.74, 6) is -0.505. The van der Waals surface area contributed by atoms with E-state index in [0.717, 1.165) is 0 Å². The first-order valence-electron chi connectivity index (χ1n) is 3.87. The van der Waals surface area contributed by atoms with Crippen LogP contribution >= 0.6 is 0 Å². The van der Waals surface area contributed by atoms with Gasteiger partial charge in [0.2, 0.25) is 0 Å². The average molecular weight is 178 g/mol. The molecule has 0 unspecified atom stereocenters. The first-order chi connectivity index (χ1) is 6.18. The van der Waals surface area contributed by atoms with Gasteiger partial charge in [-0.3, -0.25) is 0 Å². The fourth-order valence-corrected chi connectivity index (χ4v) is 1.21. The molecule has 13 heavy (non-hydrogen) atoms. The van der Waals surface area contributed by atoms with Crippen LogP contribution in [0.25, 0.3) is 11.0 Å². The van der Waals surface area contributed by atoms with Gasteiger partial charge in [-0.15, -0.1) is 0 Å². The third-order valence-corrected chi connectivity index (χ3v) is 1.89. The monoisotopic (exact) mass is 178 g/mol. The van der Waals surface area contributed by atoms with E-state index in [0.29, 0.717) is 10.9 Å². The fraction of sp³-hybridized carbons (Fsp3) is 0.100. The molecule has 0 atom stereocenters. The Morgan fingerprint density at radius 3 is 2.92 bits per heavy atom. The smallest absolute Gasteiger partial charge is 0.339 e. The Morgan fingerprint density at radius 1 is 1.38 bits per heavy atom. The largest absolute Gasteiger partial charge is 0.419 e. The standard InChI is InChI=1S/C10H7FO2/c1-6-5-7-3-2-4-8(11)9(7)13-10(6)12/h2-5H,1H3. The van der Waals surface area contributed by atoms with Crippen molar-refractivity contribution < 1.29 is 8.81 Å². The molecule has 0 N–H and O–H groups in total. The predicted octanol–water partition coefficient (Wildman–Crippen LogP) is 2.24. The average Bonchev–Trinajstić information content (AvgIpc) is 2.09. The summed E-state index contributed by atoms with van der Waals surface area (Å²) in [6.45, 7) is 1.64. The Bertz CT molecular complexity index is 514. The van der Waals surface area contributed by atoms with Crippen LogP contribution in [0, 0.1) is 12.7 Å². The molecule has 0 saturated carbocycles. The maximum atomic E-state index is 13.1. The summed E-state index contributed by atoms with van der Waals surface area (Å²) in [5, 5.41) is 0.608. The van der Waals surface area contributed by atoms with Gasteiger partial charge in [-0.2, -0.15) is 0 Å². The van der Waals surface area contributed by atoms with E-state index in [1.807, 2.05) is 0 Å². The lowest BCUT2D eigenvalue weighted by atomic mass is 10.2. The minimum atomic E-state index is -0.505. The predicted molar refractivity (Wildman–Crippen MR) is 47.2 cm³/mol. The van der Waals surface area contributed by atoms with E-state index in [9.17, 15) is 9.18 Å². The van der Waals surface area contributed by atoms with Gasteiger partial charge in [-0.25, -0.2) is 9.18 Å². The van der Waals surface area contributed by atoms with Gasteiger partial charge in [-0.1, -0.05) is 12.1 Å². The lowest BCUT2D eigenvalue weighted by molar-refractivity contribution is 0.520. The van der Waals surface area contributed by atoms with Crippen molar-refractivity contribution in [3.8, 4) is 0 Å². The van der Waals surface area contributed by atoms with Crippen molar-refractivity contribution in [1.82, 2.24) is 0 Å². The van der Waals surface area contributed by atoms with Crippen LogP contribution in [0.15, 0.2) is 33.5 Å². The van der Waals surface area contributed by atoms with Gasteiger partial charge >= 0.3 is 5.63 Å². The molecule has 0 aliphatic heterocycles. The Balaban J connectivity index is 2.97. The van der Waals surface area contributed by atoms with E-state index >= 15 is 0 Å². The first-order valence-corrected chi connectivity index (χ1v) is 3.87. The molecule has 2 rings (SSSR count). The van der Waals surface area contributed by atoms with Crippen molar-refractivity contribution >= 4 is 11.0 Å². The van der Waals surface area contributed by atoms with Crippen molar-refractivity contribution in [2.75, 3.05) is 0 Å². The van der Waals surface area contributed by atoms with Gasteiger partial charge < -0.3 is 4.42 Å².